The number of carbonyl (C=O) groups excluding carboxylic acids is 1. The Morgan fingerprint density at radius 3 is 2.83 bits per heavy atom. The fourth-order valence-electron chi connectivity index (χ4n) is 3.14. The van der Waals surface area contributed by atoms with E-state index >= 15 is 0 Å². The number of amides is 1. The van der Waals surface area contributed by atoms with E-state index in [-0.39, 0.29) is 11.7 Å². The number of nitrogens with one attached hydrogen (secondary N) is 1. The number of ether oxygens (including phenoxy) is 2. The van der Waals surface area contributed by atoms with Crippen LogP contribution in [0.15, 0.2) is 60.3 Å². The number of aryl methyl sites for hydroxylation is 1. The predicted molar refractivity (Wildman–Crippen MR) is 117 cm³/mol. The number of hydrogen-bond donors (Lipinski definition) is 1. The minimum Gasteiger partial charge on any atom is -0.486 e. The van der Waals surface area contributed by atoms with E-state index in [1.54, 1.807) is 24.3 Å². The van der Waals surface area contributed by atoms with Gasteiger partial charge in [-0.3, -0.25) is 9.36 Å². The molecule has 0 radical (unpaired) electrons. The molecule has 1 N–H and O–H groups in total. The lowest BCUT2D eigenvalue weighted by molar-refractivity contribution is -0.113. The molecule has 30 heavy (non-hydrogen) atoms. The molecule has 1 aromatic heterocycles. The molecule has 1 amide bonds. The third-order valence-corrected chi connectivity index (χ3v) is 5.43. The maximum absolute atomic E-state index is 12.5. The molecule has 0 unspecified atom stereocenters. The number of hydrogen-bond acceptors (Lipinski definition) is 6. The topological polar surface area (TPSA) is 78.3 Å². The highest BCUT2D eigenvalue weighted by molar-refractivity contribution is 7.99. The summed E-state index contributed by atoms with van der Waals surface area (Å²) in [5.41, 5.74) is 2.79. The smallest absolute Gasteiger partial charge is 0.234 e. The van der Waals surface area contributed by atoms with Gasteiger partial charge in [-0.2, -0.15) is 0 Å². The number of thioether (sulfide) groups is 1. The number of benzene rings is 2. The molecule has 7 nitrogen and oxygen atoms in total. The van der Waals surface area contributed by atoms with Crippen LogP contribution in [0.1, 0.15) is 5.56 Å². The van der Waals surface area contributed by atoms with E-state index in [0.717, 1.165) is 17.0 Å². The van der Waals surface area contributed by atoms with Crippen LogP contribution in [0, 0.1) is 6.92 Å². The lowest BCUT2D eigenvalue weighted by atomic mass is 10.1. The van der Waals surface area contributed by atoms with Crippen LogP contribution >= 0.6 is 11.8 Å². The van der Waals surface area contributed by atoms with Gasteiger partial charge in [-0.25, -0.2) is 0 Å². The summed E-state index contributed by atoms with van der Waals surface area (Å²) in [5.74, 6) is 2.16. The van der Waals surface area contributed by atoms with Crippen molar-refractivity contribution in [2.45, 2.75) is 18.6 Å². The summed E-state index contributed by atoms with van der Waals surface area (Å²) in [6.45, 7) is 7.46. The minimum atomic E-state index is -0.137. The molecule has 1 aliphatic rings. The third kappa shape index (κ3) is 4.49. The summed E-state index contributed by atoms with van der Waals surface area (Å²) in [4.78, 5) is 12.5. The Kier molecular flexibility index (Phi) is 6.04. The van der Waals surface area contributed by atoms with E-state index in [2.05, 4.69) is 28.2 Å². The van der Waals surface area contributed by atoms with Crippen LogP contribution in [0.3, 0.4) is 0 Å². The van der Waals surface area contributed by atoms with Crippen LogP contribution in [0.4, 0.5) is 5.69 Å². The van der Waals surface area contributed by atoms with Crippen molar-refractivity contribution in [3.8, 4) is 22.9 Å². The molecule has 1 aliphatic heterocycles. The molecule has 0 saturated heterocycles. The first-order valence-electron chi connectivity index (χ1n) is 9.57. The molecule has 0 fully saturated rings. The predicted octanol–water partition coefficient (Wildman–Crippen LogP) is 3.94. The molecule has 0 spiro atoms. The maximum Gasteiger partial charge on any atom is 0.234 e. The second kappa shape index (κ2) is 9.04. The molecule has 2 heterocycles. The molecule has 0 atom stereocenters. The van der Waals surface area contributed by atoms with Gasteiger partial charge in [0.25, 0.3) is 0 Å². The van der Waals surface area contributed by atoms with Crippen molar-refractivity contribution in [3.63, 3.8) is 0 Å². The summed E-state index contributed by atoms with van der Waals surface area (Å²) in [6.07, 6.45) is 1.79. The van der Waals surface area contributed by atoms with E-state index in [9.17, 15) is 4.79 Å². The number of rotatable bonds is 7. The van der Waals surface area contributed by atoms with E-state index in [1.165, 1.54) is 11.8 Å². The van der Waals surface area contributed by atoms with Gasteiger partial charge in [0.2, 0.25) is 5.91 Å². The average molecular weight is 423 g/mol. The molecule has 8 heteroatoms. The monoisotopic (exact) mass is 422 g/mol. The molecular formula is C22H22N4O3S. The van der Waals surface area contributed by atoms with Crippen molar-refractivity contribution in [2.24, 2.45) is 0 Å². The van der Waals surface area contributed by atoms with Gasteiger partial charge in [0.15, 0.2) is 22.5 Å². The Balaban J connectivity index is 1.44. The van der Waals surface area contributed by atoms with Crippen LogP contribution in [-0.2, 0) is 11.3 Å². The largest absolute Gasteiger partial charge is 0.486 e. The SMILES string of the molecule is C=CCn1c(SCC(=O)Nc2ccc3c(c2)OCCO3)nnc1-c1cccc(C)c1. The lowest BCUT2D eigenvalue weighted by Crippen LogP contribution is -2.17. The number of carbonyl (C=O) groups is 1. The Bertz CT molecular complexity index is 1080. The fraction of sp³-hybridized carbons (Fsp3) is 0.227. The molecule has 0 aliphatic carbocycles. The first-order valence-corrected chi connectivity index (χ1v) is 10.6. The Morgan fingerprint density at radius 2 is 2.03 bits per heavy atom. The van der Waals surface area contributed by atoms with Gasteiger partial charge >= 0.3 is 0 Å². The standard InChI is InChI=1S/C22H22N4O3S/c1-3-9-26-21(16-6-4-5-15(2)12-16)24-25-22(26)30-14-20(27)23-17-7-8-18-19(13-17)29-11-10-28-18/h3-8,12-13H,1,9-11,14H2,2H3,(H,23,27). The summed E-state index contributed by atoms with van der Waals surface area (Å²) in [5, 5.41) is 12.2. The fourth-order valence-corrected chi connectivity index (χ4v) is 3.88. The number of anilines is 1. The number of allylic oxidation sites excluding steroid dienone is 1. The van der Waals surface area contributed by atoms with Crippen molar-refractivity contribution < 1.29 is 14.3 Å². The number of fused-ring (bicyclic) bond motifs is 1. The lowest BCUT2D eigenvalue weighted by Gasteiger charge is -2.19. The maximum atomic E-state index is 12.5. The van der Waals surface area contributed by atoms with Gasteiger partial charge in [-0.05, 0) is 25.1 Å². The van der Waals surface area contributed by atoms with Crippen LogP contribution in [-0.4, -0.2) is 39.6 Å². The van der Waals surface area contributed by atoms with E-state index in [0.29, 0.717) is 42.1 Å². The van der Waals surface area contributed by atoms with Gasteiger partial charge in [0.1, 0.15) is 13.2 Å². The first-order chi connectivity index (χ1) is 14.6. The summed E-state index contributed by atoms with van der Waals surface area (Å²) in [7, 11) is 0. The normalized spacial score (nSPS) is 12.4. The van der Waals surface area contributed by atoms with Crippen molar-refractivity contribution in [1.82, 2.24) is 14.8 Å². The zero-order chi connectivity index (χ0) is 20.9. The third-order valence-electron chi connectivity index (χ3n) is 4.46. The summed E-state index contributed by atoms with van der Waals surface area (Å²) < 4.78 is 13.0. The highest BCUT2D eigenvalue weighted by atomic mass is 32.2. The Labute approximate surface area is 179 Å². The second-order valence-corrected chi connectivity index (χ2v) is 7.71. The zero-order valence-corrected chi connectivity index (χ0v) is 17.4. The molecule has 3 aromatic rings. The van der Waals surface area contributed by atoms with Gasteiger partial charge in [0, 0.05) is 23.9 Å². The molecule has 4 rings (SSSR count). The quantitative estimate of drug-likeness (QED) is 0.459. The molecule has 0 saturated carbocycles. The molecule has 154 valence electrons. The molecule has 2 aromatic carbocycles. The van der Waals surface area contributed by atoms with Crippen molar-refractivity contribution in [2.75, 3.05) is 24.3 Å². The van der Waals surface area contributed by atoms with Gasteiger partial charge in [0.05, 0.1) is 5.75 Å². The van der Waals surface area contributed by atoms with Gasteiger partial charge in [-0.1, -0.05) is 41.6 Å². The van der Waals surface area contributed by atoms with Gasteiger partial charge < -0.3 is 14.8 Å². The molecule has 0 bridgehead atoms. The van der Waals surface area contributed by atoms with Crippen LogP contribution in [0.5, 0.6) is 11.5 Å². The van der Waals surface area contributed by atoms with Crippen LogP contribution < -0.4 is 14.8 Å². The Morgan fingerprint density at radius 1 is 1.20 bits per heavy atom. The van der Waals surface area contributed by atoms with Gasteiger partial charge in [-0.15, -0.1) is 16.8 Å². The Hall–Kier alpha value is -3.26. The zero-order valence-electron chi connectivity index (χ0n) is 16.6. The highest BCUT2D eigenvalue weighted by Crippen LogP contribution is 2.32. The van der Waals surface area contributed by atoms with E-state index in [1.807, 2.05) is 29.7 Å². The minimum absolute atomic E-state index is 0.137. The van der Waals surface area contributed by atoms with Crippen molar-refractivity contribution >= 4 is 23.4 Å². The van der Waals surface area contributed by atoms with Crippen molar-refractivity contribution in [3.05, 3.63) is 60.7 Å². The summed E-state index contributed by atoms with van der Waals surface area (Å²) >= 11 is 1.34. The number of aromatic nitrogens is 3. The summed E-state index contributed by atoms with van der Waals surface area (Å²) in [6, 6.07) is 13.5. The van der Waals surface area contributed by atoms with Crippen LogP contribution in [0.2, 0.25) is 0 Å². The van der Waals surface area contributed by atoms with Crippen molar-refractivity contribution in [1.29, 1.82) is 0 Å². The average Bonchev–Trinajstić information content (AvgIpc) is 3.15. The highest BCUT2D eigenvalue weighted by Gasteiger charge is 2.16. The van der Waals surface area contributed by atoms with E-state index < -0.39 is 0 Å². The molecular weight excluding hydrogens is 400 g/mol. The second-order valence-electron chi connectivity index (χ2n) is 6.77. The van der Waals surface area contributed by atoms with E-state index in [4.69, 9.17) is 9.47 Å². The first kappa shape index (κ1) is 20.0. The van der Waals surface area contributed by atoms with Crippen LogP contribution in [0.25, 0.3) is 11.4 Å². The number of nitrogens with zero attached hydrogens (tertiary/aromatic N) is 3.